The number of hydrazone groups is 1. The molecule has 0 aliphatic rings. The van der Waals surface area contributed by atoms with Gasteiger partial charge in [-0.3, -0.25) is 9.59 Å². The van der Waals surface area contributed by atoms with E-state index in [-0.39, 0.29) is 28.6 Å². The van der Waals surface area contributed by atoms with E-state index in [2.05, 4.69) is 31.4 Å². The van der Waals surface area contributed by atoms with E-state index in [1.54, 1.807) is 25.3 Å². The molecular formula is C34H28BrN3O8. The smallest absolute Gasteiger partial charge is 0.343 e. The van der Waals surface area contributed by atoms with E-state index in [1.165, 1.54) is 45.6 Å². The Morgan fingerprint density at radius 1 is 0.783 bits per heavy atom. The van der Waals surface area contributed by atoms with Crippen LogP contribution in [-0.4, -0.2) is 50.4 Å². The van der Waals surface area contributed by atoms with E-state index in [1.807, 2.05) is 42.5 Å². The van der Waals surface area contributed by atoms with Gasteiger partial charge in [0.2, 0.25) is 0 Å². The van der Waals surface area contributed by atoms with Crippen LogP contribution in [0.1, 0.15) is 33.3 Å². The van der Waals surface area contributed by atoms with Crippen molar-refractivity contribution in [1.29, 1.82) is 0 Å². The Hall–Kier alpha value is -5.62. The number of nitrogens with one attached hydrogen (secondary N) is 2. The predicted molar refractivity (Wildman–Crippen MR) is 175 cm³/mol. The molecule has 234 valence electrons. The van der Waals surface area contributed by atoms with Crippen molar-refractivity contribution in [3.05, 3.63) is 100 Å². The Labute approximate surface area is 272 Å². The first-order valence-corrected chi connectivity index (χ1v) is 14.6. The van der Waals surface area contributed by atoms with Crippen molar-refractivity contribution in [1.82, 2.24) is 10.4 Å². The van der Waals surface area contributed by atoms with Gasteiger partial charge in [0.25, 0.3) is 5.91 Å². The fraction of sp³-hybridized carbons (Fsp3) is 0.118. The second kappa shape index (κ2) is 14.0. The molecule has 0 aliphatic heterocycles. The molecule has 12 heteroatoms. The summed E-state index contributed by atoms with van der Waals surface area (Å²) in [4.78, 5) is 40.8. The second-order valence-electron chi connectivity index (χ2n) is 9.70. The summed E-state index contributed by atoms with van der Waals surface area (Å²) in [5.74, 6) is -0.306. The van der Waals surface area contributed by atoms with Gasteiger partial charge >= 0.3 is 11.9 Å². The topological polar surface area (TPSA) is 138 Å². The SMILES string of the molecule is COc1cc(C(=O)Oc2ccc(C=NNC(=O)c3[nH]c4c(OC)ccc(Br)c4c3-c3ccccc3)cc2OC)ccc1OC(C)=O. The number of aromatic nitrogens is 1. The lowest BCUT2D eigenvalue weighted by Crippen LogP contribution is -2.19. The van der Waals surface area contributed by atoms with E-state index >= 15 is 0 Å². The summed E-state index contributed by atoms with van der Waals surface area (Å²) < 4.78 is 27.6. The maximum Gasteiger partial charge on any atom is 0.343 e. The van der Waals surface area contributed by atoms with Crippen LogP contribution in [0, 0.1) is 0 Å². The number of carbonyl (C=O) groups is 3. The molecule has 0 spiro atoms. The Bertz CT molecular complexity index is 1970. The molecule has 1 amide bonds. The lowest BCUT2D eigenvalue weighted by atomic mass is 10.0. The molecule has 2 N–H and O–H groups in total. The molecular weight excluding hydrogens is 658 g/mol. The summed E-state index contributed by atoms with van der Waals surface area (Å²) in [5, 5.41) is 4.95. The average molecular weight is 687 g/mol. The number of rotatable bonds is 10. The molecule has 4 aromatic carbocycles. The molecule has 46 heavy (non-hydrogen) atoms. The van der Waals surface area contributed by atoms with Gasteiger partial charge in [-0.1, -0.05) is 46.3 Å². The number of carbonyl (C=O) groups excluding carboxylic acids is 3. The third-order valence-corrected chi connectivity index (χ3v) is 7.46. The number of benzene rings is 4. The van der Waals surface area contributed by atoms with Crippen molar-refractivity contribution in [2.45, 2.75) is 6.92 Å². The monoisotopic (exact) mass is 685 g/mol. The third kappa shape index (κ3) is 6.71. The zero-order chi connectivity index (χ0) is 32.8. The van der Waals surface area contributed by atoms with Crippen LogP contribution in [0.25, 0.3) is 22.0 Å². The van der Waals surface area contributed by atoms with Gasteiger partial charge in [-0.15, -0.1) is 0 Å². The molecule has 0 fully saturated rings. The average Bonchev–Trinajstić information content (AvgIpc) is 3.47. The van der Waals surface area contributed by atoms with Crippen molar-refractivity contribution >= 4 is 50.9 Å². The predicted octanol–water partition coefficient (Wildman–Crippen LogP) is 6.53. The molecule has 0 saturated heterocycles. The Balaban J connectivity index is 1.35. The minimum Gasteiger partial charge on any atom is -0.495 e. The molecule has 0 aliphatic carbocycles. The first-order chi connectivity index (χ1) is 22.2. The van der Waals surface area contributed by atoms with Crippen molar-refractivity contribution in [3.63, 3.8) is 0 Å². The largest absolute Gasteiger partial charge is 0.495 e. The molecule has 0 saturated carbocycles. The molecule has 0 radical (unpaired) electrons. The molecule has 1 aromatic heterocycles. The Morgan fingerprint density at radius 3 is 2.13 bits per heavy atom. The van der Waals surface area contributed by atoms with Crippen LogP contribution in [0.2, 0.25) is 0 Å². The fourth-order valence-corrected chi connectivity index (χ4v) is 5.26. The van der Waals surface area contributed by atoms with Crippen LogP contribution >= 0.6 is 15.9 Å². The van der Waals surface area contributed by atoms with Gasteiger partial charge in [0.05, 0.1) is 38.6 Å². The summed E-state index contributed by atoms with van der Waals surface area (Å²) >= 11 is 3.62. The highest BCUT2D eigenvalue weighted by Gasteiger charge is 2.23. The van der Waals surface area contributed by atoms with Gasteiger partial charge in [-0.25, -0.2) is 10.2 Å². The van der Waals surface area contributed by atoms with Crippen LogP contribution in [0.5, 0.6) is 28.7 Å². The van der Waals surface area contributed by atoms with E-state index < -0.39 is 17.8 Å². The number of esters is 2. The Morgan fingerprint density at radius 2 is 1.43 bits per heavy atom. The zero-order valence-corrected chi connectivity index (χ0v) is 26.8. The lowest BCUT2D eigenvalue weighted by Gasteiger charge is -2.12. The fourth-order valence-electron chi connectivity index (χ4n) is 4.74. The molecule has 5 aromatic rings. The number of nitrogens with zero attached hydrogens (tertiary/aromatic N) is 1. The number of ether oxygens (including phenoxy) is 5. The molecule has 1 heterocycles. The van der Waals surface area contributed by atoms with Crippen LogP contribution in [0.4, 0.5) is 0 Å². The van der Waals surface area contributed by atoms with E-state index in [4.69, 9.17) is 23.7 Å². The van der Waals surface area contributed by atoms with Gasteiger partial charge in [0.1, 0.15) is 11.4 Å². The summed E-state index contributed by atoms with van der Waals surface area (Å²) in [6.07, 6.45) is 1.44. The summed E-state index contributed by atoms with van der Waals surface area (Å²) in [6, 6.07) is 22.3. The van der Waals surface area contributed by atoms with Crippen molar-refractivity contribution in [2.75, 3.05) is 21.3 Å². The first kappa shape index (κ1) is 31.8. The molecule has 0 bridgehead atoms. The van der Waals surface area contributed by atoms with Crippen LogP contribution in [0.3, 0.4) is 0 Å². The van der Waals surface area contributed by atoms with Gasteiger partial charge in [0, 0.05) is 22.3 Å². The maximum atomic E-state index is 13.4. The van der Waals surface area contributed by atoms with Crippen molar-refractivity contribution in [2.24, 2.45) is 5.10 Å². The minimum atomic E-state index is -0.685. The number of amides is 1. The number of halogens is 1. The number of hydrogen-bond donors (Lipinski definition) is 2. The summed E-state index contributed by atoms with van der Waals surface area (Å²) in [7, 11) is 4.39. The minimum absolute atomic E-state index is 0.154. The third-order valence-electron chi connectivity index (χ3n) is 6.80. The summed E-state index contributed by atoms with van der Waals surface area (Å²) in [5.41, 5.74) is 5.82. The zero-order valence-electron chi connectivity index (χ0n) is 25.2. The molecule has 11 nitrogen and oxygen atoms in total. The number of H-pyrrole nitrogens is 1. The van der Waals surface area contributed by atoms with Crippen LogP contribution in [-0.2, 0) is 4.79 Å². The van der Waals surface area contributed by atoms with Crippen LogP contribution < -0.4 is 29.1 Å². The van der Waals surface area contributed by atoms with E-state index in [0.29, 0.717) is 28.1 Å². The molecule has 5 rings (SSSR count). The highest BCUT2D eigenvalue weighted by atomic mass is 79.9. The van der Waals surface area contributed by atoms with Gasteiger partial charge in [-0.05, 0) is 59.7 Å². The number of methoxy groups -OCH3 is 3. The number of fused-ring (bicyclic) bond motifs is 1. The lowest BCUT2D eigenvalue weighted by molar-refractivity contribution is -0.132. The van der Waals surface area contributed by atoms with E-state index in [0.717, 1.165) is 15.4 Å². The molecule has 0 atom stereocenters. The highest BCUT2D eigenvalue weighted by molar-refractivity contribution is 9.10. The maximum absolute atomic E-state index is 13.4. The van der Waals surface area contributed by atoms with E-state index in [9.17, 15) is 14.4 Å². The normalized spacial score (nSPS) is 10.9. The number of aromatic amines is 1. The standard InChI is InChI=1S/C34H28BrN3O8/c1-19(39)45-24-14-11-22(17-28(24)44-4)34(41)46-25-13-10-20(16-27(25)43-3)18-36-38-33(40)32-29(21-8-6-5-7-9-21)30-23(35)12-15-26(42-2)31(30)37-32/h5-18,37H,1-4H3,(H,38,40). The van der Waals surface area contributed by atoms with Crippen molar-refractivity contribution < 1.29 is 38.1 Å². The van der Waals surface area contributed by atoms with Gasteiger partial charge in [0.15, 0.2) is 23.0 Å². The Kier molecular flexibility index (Phi) is 9.67. The molecule has 0 unspecified atom stereocenters. The van der Waals surface area contributed by atoms with Gasteiger partial charge < -0.3 is 28.7 Å². The first-order valence-electron chi connectivity index (χ1n) is 13.8. The summed E-state index contributed by atoms with van der Waals surface area (Å²) in [6.45, 7) is 1.26. The van der Waals surface area contributed by atoms with Crippen molar-refractivity contribution in [3.8, 4) is 39.9 Å². The number of hydrogen-bond acceptors (Lipinski definition) is 9. The highest BCUT2D eigenvalue weighted by Crippen LogP contribution is 2.41. The quantitative estimate of drug-likeness (QED) is 0.0733. The van der Waals surface area contributed by atoms with Crippen LogP contribution in [0.15, 0.2) is 88.4 Å². The van der Waals surface area contributed by atoms with Gasteiger partial charge in [-0.2, -0.15) is 5.10 Å². The second-order valence-corrected chi connectivity index (χ2v) is 10.6.